The lowest BCUT2D eigenvalue weighted by Gasteiger charge is -2.13. The van der Waals surface area contributed by atoms with Crippen LogP contribution in [-0.2, 0) is 6.42 Å². The predicted molar refractivity (Wildman–Crippen MR) is 89.1 cm³/mol. The maximum absolute atomic E-state index is 4.85. The second-order valence-electron chi connectivity index (χ2n) is 5.76. The van der Waals surface area contributed by atoms with Gasteiger partial charge >= 0.3 is 0 Å². The number of aromatic nitrogens is 2. The summed E-state index contributed by atoms with van der Waals surface area (Å²) in [5.74, 6) is 2.60. The van der Waals surface area contributed by atoms with Crippen molar-refractivity contribution in [1.29, 1.82) is 0 Å². The third-order valence-electron chi connectivity index (χ3n) is 4.03. The summed E-state index contributed by atoms with van der Waals surface area (Å²) in [6, 6.07) is 6.43. The highest BCUT2D eigenvalue weighted by atomic mass is 32.1. The largest absolute Gasteiger partial charge is 0.370 e. The molecule has 0 amide bonds. The standard InChI is InChI=1S/C17H23N3S/c1-2-9-18-16-12-15(13-6-3-4-7-13)19-17(20-16)11-14-8-5-10-21-14/h5,8,10,12-13H,2-4,6-7,9,11H2,1H3,(H,18,19,20). The monoisotopic (exact) mass is 301 g/mol. The highest BCUT2D eigenvalue weighted by Gasteiger charge is 2.20. The molecule has 1 N–H and O–H groups in total. The second kappa shape index (κ2) is 7.03. The van der Waals surface area contributed by atoms with Crippen molar-refractivity contribution in [2.75, 3.05) is 11.9 Å². The van der Waals surface area contributed by atoms with Crippen molar-refractivity contribution in [1.82, 2.24) is 9.97 Å². The Hall–Kier alpha value is -1.42. The van der Waals surface area contributed by atoms with Crippen LogP contribution in [0.25, 0.3) is 0 Å². The first-order chi connectivity index (χ1) is 10.3. The summed E-state index contributed by atoms with van der Waals surface area (Å²) < 4.78 is 0. The zero-order valence-corrected chi connectivity index (χ0v) is 13.5. The maximum atomic E-state index is 4.85. The van der Waals surface area contributed by atoms with Crippen LogP contribution in [0.2, 0.25) is 0 Å². The third-order valence-corrected chi connectivity index (χ3v) is 4.91. The normalized spacial score (nSPS) is 15.5. The highest BCUT2D eigenvalue weighted by molar-refractivity contribution is 7.09. The van der Waals surface area contributed by atoms with Crippen molar-refractivity contribution in [3.8, 4) is 0 Å². The Morgan fingerprint density at radius 2 is 2.14 bits per heavy atom. The molecule has 0 spiro atoms. The minimum Gasteiger partial charge on any atom is -0.370 e. The Balaban J connectivity index is 1.84. The van der Waals surface area contributed by atoms with Gasteiger partial charge in [-0.05, 0) is 30.7 Å². The van der Waals surface area contributed by atoms with Gasteiger partial charge in [0.05, 0.1) is 0 Å². The van der Waals surface area contributed by atoms with E-state index in [9.17, 15) is 0 Å². The van der Waals surface area contributed by atoms with Crippen LogP contribution in [-0.4, -0.2) is 16.5 Å². The first kappa shape index (κ1) is 14.5. The Morgan fingerprint density at radius 3 is 2.86 bits per heavy atom. The Bertz CT molecular complexity index is 559. The Morgan fingerprint density at radius 1 is 1.29 bits per heavy atom. The molecule has 3 nitrogen and oxygen atoms in total. The molecule has 2 heterocycles. The average molecular weight is 301 g/mol. The summed E-state index contributed by atoms with van der Waals surface area (Å²) in [7, 11) is 0. The Kier molecular flexibility index (Phi) is 4.86. The van der Waals surface area contributed by atoms with Crippen LogP contribution in [0.1, 0.15) is 61.3 Å². The summed E-state index contributed by atoms with van der Waals surface area (Å²) in [5.41, 5.74) is 1.24. The van der Waals surface area contributed by atoms with Gasteiger partial charge in [-0.1, -0.05) is 25.8 Å². The van der Waals surface area contributed by atoms with Crippen molar-refractivity contribution in [2.24, 2.45) is 0 Å². The topological polar surface area (TPSA) is 37.8 Å². The van der Waals surface area contributed by atoms with Crippen molar-refractivity contribution in [3.63, 3.8) is 0 Å². The molecule has 2 aromatic heterocycles. The molecule has 112 valence electrons. The molecule has 0 aromatic carbocycles. The quantitative estimate of drug-likeness (QED) is 0.846. The van der Waals surface area contributed by atoms with Crippen molar-refractivity contribution < 1.29 is 0 Å². The second-order valence-corrected chi connectivity index (χ2v) is 6.79. The molecule has 1 aliphatic rings. The van der Waals surface area contributed by atoms with E-state index in [2.05, 4.69) is 35.8 Å². The number of hydrogen-bond donors (Lipinski definition) is 1. The minimum absolute atomic E-state index is 0.636. The van der Waals surface area contributed by atoms with Crippen LogP contribution >= 0.6 is 11.3 Å². The van der Waals surface area contributed by atoms with Gasteiger partial charge < -0.3 is 5.32 Å². The number of rotatable bonds is 6. The molecule has 0 unspecified atom stereocenters. The summed E-state index contributed by atoms with van der Waals surface area (Å²) in [4.78, 5) is 10.9. The summed E-state index contributed by atoms with van der Waals surface area (Å²) >= 11 is 1.78. The molecule has 2 aromatic rings. The van der Waals surface area contributed by atoms with Gasteiger partial charge in [0, 0.05) is 35.5 Å². The predicted octanol–water partition coefficient (Wildman–Crippen LogP) is 4.61. The summed E-state index contributed by atoms with van der Waals surface area (Å²) in [6.07, 6.45) is 7.20. The van der Waals surface area contributed by atoms with Crippen LogP contribution in [0.15, 0.2) is 23.6 Å². The molecule has 1 saturated carbocycles. The van der Waals surface area contributed by atoms with Crippen LogP contribution < -0.4 is 5.32 Å². The smallest absolute Gasteiger partial charge is 0.136 e. The van der Waals surface area contributed by atoms with E-state index in [1.807, 2.05) is 0 Å². The van der Waals surface area contributed by atoms with Gasteiger partial charge in [-0.15, -0.1) is 11.3 Å². The van der Waals surface area contributed by atoms with Crippen molar-refractivity contribution >= 4 is 17.2 Å². The number of hydrogen-bond acceptors (Lipinski definition) is 4. The fourth-order valence-corrected chi connectivity index (χ4v) is 3.64. The van der Waals surface area contributed by atoms with E-state index in [4.69, 9.17) is 9.97 Å². The van der Waals surface area contributed by atoms with Gasteiger partial charge in [-0.3, -0.25) is 0 Å². The first-order valence-electron chi connectivity index (χ1n) is 7.99. The van der Waals surface area contributed by atoms with Crippen molar-refractivity contribution in [2.45, 2.75) is 51.4 Å². The summed E-state index contributed by atoms with van der Waals surface area (Å²) in [5, 5.41) is 5.55. The lowest BCUT2D eigenvalue weighted by molar-refractivity contribution is 0.686. The number of nitrogens with one attached hydrogen (secondary N) is 1. The lowest BCUT2D eigenvalue weighted by Crippen LogP contribution is -2.09. The zero-order valence-electron chi connectivity index (χ0n) is 12.6. The van der Waals surface area contributed by atoms with Gasteiger partial charge in [0.2, 0.25) is 0 Å². The van der Waals surface area contributed by atoms with Crippen LogP contribution in [0.3, 0.4) is 0 Å². The van der Waals surface area contributed by atoms with Gasteiger partial charge in [0.25, 0.3) is 0 Å². The van der Waals surface area contributed by atoms with E-state index >= 15 is 0 Å². The van der Waals surface area contributed by atoms with Crippen LogP contribution in [0, 0.1) is 0 Å². The molecule has 1 fully saturated rings. The lowest BCUT2D eigenvalue weighted by atomic mass is 10.0. The third kappa shape index (κ3) is 3.82. The van der Waals surface area contributed by atoms with Gasteiger partial charge in [0.15, 0.2) is 0 Å². The molecule has 1 aliphatic carbocycles. The molecule has 0 aliphatic heterocycles. The molecule has 3 rings (SSSR count). The Labute approximate surface area is 130 Å². The molecular formula is C17H23N3S. The molecule has 0 atom stereocenters. The van der Waals surface area contributed by atoms with Gasteiger partial charge in [-0.25, -0.2) is 9.97 Å². The van der Waals surface area contributed by atoms with E-state index in [1.165, 1.54) is 36.3 Å². The van der Waals surface area contributed by atoms with E-state index in [0.29, 0.717) is 5.92 Å². The van der Waals surface area contributed by atoms with E-state index < -0.39 is 0 Å². The number of anilines is 1. The molecular weight excluding hydrogens is 278 g/mol. The fourth-order valence-electron chi connectivity index (χ4n) is 2.94. The van der Waals surface area contributed by atoms with E-state index in [-0.39, 0.29) is 0 Å². The number of nitrogens with zero attached hydrogens (tertiary/aromatic N) is 2. The van der Waals surface area contributed by atoms with E-state index in [1.54, 1.807) is 11.3 Å². The summed E-state index contributed by atoms with van der Waals surface area (Å²) in [6.45, 7) is 3.15. The van der Waals surface area contributed by atoms with Crippen LogP contribution in [0.5, 0.6) is 0 Å². The molecule has 0 radical (unpaired) electrons. The highest BCUT2D eigenvalue weighted by Crippen LogP contribution is 2.33. The first-order valence-corrected chi connectivity index (χ1v) is 8.87. The number of thiophene rings is 1. The molecule has 21 heavy (non-hydrogen) atoms. The van der Waals surface area contributed by atoms with E-state index in [0.717, 1.165) is 31.0 Å². The van der Waals surface area contributed by atoms with Gasteiger partial charge in [-0.2, -0.15) is 0 Å². The molecule has 0 bridgehead atoms. The molecule has 4 heteroatoms. The minimum atomic E-state index is 0.636. The fraction of sp³-hybridized carbons (Fsp3) is 0.529. The zero-order chi connectivity index (χ0) is 14.5. The van der Waals surface area contributed by atoms with Crippen molar-refractivity contribution in [3.05, 3.63) is 40.0 Å². The molecule has 0 saturated heterocycles. The van der Waals surface area contributed by atoms with Crippen LogP contribution in [0.4, 0.5) is 5.82 Å². The SMILES string of the molecule is CCCNc1cc(C2CCCC2)nc(Cc2cccs2)n1. The maximum Gasteiger partial charge on any atom is 0.136 e. The van der Waals surface area contributed by atoms with Gasteiger partial charge in [0.1, 0.15) is 11.6 Å². The average Bonchev–Trinajstić information content (AvgIpc) is 3.18.